The third kappa shape index (κ3) is 2.30. The zero-order chi connectivity index (χ0) is 11.7. The fraction of sp³-hybridized carbons (Fsp3) is 0.500. The molecule has 4 heteroatoms. The quantitative estimate of drug-likeness (QED) is 0.793. The number of halogens is 2. The molecule has 1 aliphatic heterocycles. The largest absolute Gasteiger partial charge is 0.397 e. The van der Waals surface area contributed by atoms with Gasteiger partial charge in [0.05, 0.1) is 11.4 Å². The van der Waals surface area contributed by atoms with Gasteiger partial charge in [-0.25, -0.2) is 0 Å². The van der Waals surface area contributed by atoms with Crippen molar-refractivity contribution in [3.63, 3.8) is 0 Å². The summed E-state index contributed by atoms with van der Waals surface area (Å²) in [6.45, 7) is 3.32. The maximum absolute atomic E-state index is 6.06. The van der Waals surface area contributed by atoms with Crippen LogP contribution in [0.3, 0.4) is 0 Å². The van der Waals surface area contributed by atoms with Crippen LogP contribution in [-0.2, 0) is 0 Å². The van der Waals surface area contributed by atoms with E-state index in [0.717, 1.165) is 22.4 Å². The maximum atomic E-state index is 6.06. The lowest BCUT2D eigenvalue weighted by atomic mass is 10.0. The van der Waals surface area contributed by atoms with Crippen LogP contribution in [0.15, 0.2) is 16.6 Å². The Kier molecular flexibility index (Phi) is 3.65. The van der Waals surface area contributed by atoms with Gasteiger partial charge in [0.25, 0.3) is 0 Å². The minimum Gasteiger partial charge on any atom is -0.397 e. The second-order valence-electron chi connectivity index (χ2n) is 4.36. The first kappa shape index (κ1) is 12.1. The van der Waals surface area contributed by atoms with Crippen LogP contribution in [0.4, 0.5) is 11.4 Å². The van der Waals surface area contributed by atoms with Gasteiger partial charge < -0.3 is 10.6 Å². The number of benzene rings is 1. The third-order valence-electron chi connectivity index (χ3n) is 3.15. The first-order chi connectivity index (χ1) is 7.59. The van der Waals surface area contributed by atoms with Crippen molar-refractivity contribution in [2.75, 3.05) is 17.2 Å². The van der Waals surface area contributed by atoms with E-state index in [0.29, 0.717) is 11.1 Å². The van der Waals surface area contributed by atoms with Crippen molar-refractivity contribution >= 4 is 38.9 Å². The Hall–Kier alpha value is -0.410. The number of nitrogens with zero attached hydrogens (tertiary/aromatic N) is 1. The van der Waals surface area contributed by atoms with Gasteiger partial charge in [0, 0.05) is 22.1 Å². The van der Waals surface area contributed by atoms with E-state index in [4.69, 9.17) is 17.3 Å². The van der Waals surface area contributed by atoms with E-state index in [-0.39, 0.29) is 0 Å². The van der Waals surface area contributed by atoms with Crippen LogP contribution >= 0.6 is 27.5 Å². The Labute approximate surface area is 110 Å². The van der Waals surface area contributed by atoms with Crippen molar-refractivity contribution in [3.8, 4) is 0 Å². The molecule has 16 heavy (non-hydrogen) atoms. The average Bonchev–Trinajstić information content (AvgIpc) is 2.19. The number of hydrogen-bond acceptors (Lipinski definition) is 2. The monoisotopic (exact) mass is 302 g/mol. The lowest BCUT2D eigenvalue weighted by Crippen LogP contribution is -2.38. The van der Waals surface area contributed by atoms with Crippen molar-refractivity contribution in [2.45, 2.75) is 32.2 Å². The van der Waals surface area contributed by atoms with E-state index in [1.54, 1.807) is 0 Å². The molecule has 1 atom stereocenters. The molecule has 0 spiro atoms. The smallest absolute Gasteiger partial charge is 0.0747 e. The molecule has 0 amide bonds. The lowest BCUT2D eigenvalue weighted by molar-refractivity contribution is 0.485. The SMILES string of the molecule is C[C@H]1CCCCN1c1c(N)cc(Cl)cc1Br. The summed E-state index contributed by atoms with van der Waals surface area (Å²) in [7, 11) is 0. The first-order valence-corrected chi connectivity index (χ1v) is 6.78. The second-order valence-corrected chi connectivity index (χ2v) is 5.65. The molecule has 0 aliphatic carbocycles. The summed E-state index contributed by atoms with van der Waals surface area (Å²) in [5, 5.41) is 0.679. The molecule has 1 aromatic rings. The second kappa shape index (κ2) is 4.84. The van der Waals surface area contributed by atoms with E-state index in [1.165, 1.54) is 19.3 Å². The Morgan fingerprint density at radius 2 is 2.19 bits per heavy atom. The van der Waals surface area contributed by atoms with E-state index in [9.17, 15) is 0 Å². The van der Waals surface area contributed by atoms with Gasteiger partial charge in [0.1, 0.15) is 0 Å². The van der Waals surface area contributed by atoms with Crippen molar-refractivity contribution in [3.05, 3.63) is 21.6 Å². The summed E-state index contributed by atoms with van der Waals surface area (Å²) in [6.07, 6.45) is 3.77. The Morgan fingerprint density at radius 1 is 1.44 bits per heavy atom. The average molecular weight is 304 g/mol. The minimum atomic E-state index is 0.550. The van der Waals surface area contributed by atoms with Gasteiger partial charge >= 0.3 is 0 Å². The molecule has 0 aromatic heterocycles. The number of nitrogen functional groups attached to an aromatic ring is 1. The zero-order valence-corrected chi connectivity index (χ0v) is 11.7. The summed E-state index contributed by atoms with van der Waals surface area (Å²) in [4.78, 5) is 2.37. The summed E-state index contributed by atoms with van der Waals surface area (Å²) in [5.74, 6) is 0. The zero-order valence-electron chi connectivity index (χ0n) is 9.34. The third-order valence-corrected chi connectivity index (χ3v) is 3.97. The molecular weight excluding hydrogens is 288 g/mol. The summed E-state index contributed by atoms with van der Waals surface area (Å²) < 4.78 is 0.992. The molecule has 0 unspecified atom stereocenters. The molecule has 1 heterocycles. The molecule has 1 aliphatic rings. The van der Waals surface area contributed by atoms with E-state index >= 15 is 0 Å². The Balaban J connectivity index is 2.38. The molecule has 1 fully saturated rings. The van der Waals surface area contributed by atoms with Gasteiger partial charge in [-0.3, -0.25) is 0 Å². The van der Waals surface area contributed by atoms with E-state index in [2.05, 4.69) is 27.8 Å². The molecule has 88 valence electrons. The highest BCUT2D eigenvalue weighted by molar-refractivity contribution is 9.10. The number of anilines is 2. The molecule has 2 rings (SSSR count). The number of nitrogens with two attached hydrogens (primary N) is 1. The van der Waals surface area contributed by atoms with Crippen LogP contribution in [-0.4, -0.2) is 12.6 Å². The van der Waals surface area contributed by atoms with Crippen LogP contribution in [0.2, 0.25) is 5.02 Å². The molecule has 1 saturated heterocycles. The fourth-order valence-electron chi connectivity index (χ4n) is 2.32. The van der Waals surface area contributed by atoms with Gasteiger partial charge in [0.2, 0.25) is 0 Å². The van der Waals surface area contributed by atoms with Gasteiger partial charge in [-0.05, 0) is 54.2 Å². The van der Waals surface area contributed by atoms with Gasteiger partial charge in [0.15, 0.2) is 0 Å². The normalized spacial score (nSPS) is 21.2. The molecule has 0 radical (unpaired) electrons. The van der Waals surface area contributed by atoms with Crippen molar-refractivity contribution in [1.82, 2.24) is 0 Å². The van der Waals surface area contributed by atoms with Gasteiger partial charge in [-0.2, -0.15) is 0 Å². The highest BCUT2D eigenvalue weighted by Gasteiger charge is 2.22. The summed E-state index contributed by atoms with van der Waals surface area (Å²) >= 11 is 9.52. The van der Waals surface area contributed by atoms with E-state index in [1.807, 2.05) is 12.1 Å². The topological polar surface area (TPSA) is 29.3 Å². The van der Waals surface area contributed by atoms with Crippen LogP contribution in [0, 0.1) is 0 Å². The summed E-state index contributed by atoms with van der Waals surface area (Å²) in [6, 6.07) is 4.28. The van der Waals surface area contributed by atoms with Gasteiger partial charge in [-0.15, -0.1) is 0 Å². The molecule has 1 aromatic carbocycles. The fourth-order valence-corrected chi connectivity index (χ4v) is 3.38. The highest BCUT2D eigenvalue weighted by atomic mass is 79.9. The Morgan fingerprint density at radius 3 is 2.81 bits per heavy atom. The van der Waals surface area contributed by atoms with Gasteiger partial charge in [-0.1, -0.05) is 11.6 Å². The lowest BCUT2D eigenvalue weighted by Gasteiger charge is -2.36. The predicted octanol–water partition coefficient (Wildman–Crippen LogP) is 4.06. The first-order valence-electron chi connectivity index (χ1n) is 5.60. The predicted molar refractivity (Wildman–Crippen MR) is 74.2 cm³/mol. The van der Waals surface area contributed by atoms with Crippen molar-refractivity contribution in [1.29, 1.82) is 0 Å². The van der Waals surface area contributed by atoms with Crippen molar-refractivity contribution < 1.29 is 0 Å². The molecule has 2 N–H and O–H groups in total. The standard InChI is InChI=1S/C12H16BrClN2/c1-8-4-2-3-5-16(8)12-10(13)6-9(14)7-11(12)15/h6-8H,2-5,15H2,1H3/t8-/m0/s1. The molecular formula is C12H16BrClN2. The van der Waals surface area contributed by atoms with Crippen LogP contribution in [0.25, 0.3) is 0 Å². The minimum absolute atomic E-state index is 0.550. The molecule has 0 bridgehead atoms. The van der Waals surface area contributed by atoms with Crippen molar-refractivity contribution in [2.24, 2.45) is 0 Å². The van der Waals surface area contributed by atoms with Crippen LogP contribution in [0.5, 0.6) is 0 Å². The molecule has 0 saturated carbocycles. The number of piperidine rings is 1. The highest BCUT2D eigenvalue weighted by Crippen LogP contribution is 2.38. The summed E-state index contributed by atoms with van der Waals surface area (Å²) in [5.41, 5.74) is 7.91. The van der Waals surface area contributed by atoms with Crippen LogP contribution in [0.1, 0.15) is 26.2 Å². The number of rotatable bonds is 1. The van der Waals surface area contributed by atoms with E-state index < -0.39 is 0 Å². The number of hydrogen-bond donors (Lipinski definition) is 1. The van der Waals surface area contributed by atoms with Crippen LogP contribution < -0.4 is 10.6 Å². The maximum Gasteiger partial charge on any atom is 0.0747 e. The Bertz CT molecular complexity index is 372. The molecule has 2 nitrogen and oxygen atoms in total.